The highest BCUT2D eigenvalue weighted by molar-refractivity contribution is 7.21. The smallest absolute Gasteiger partial charge is 0.410 e. The zero-order valence-corrected chi connectivity index (χ0v) is 18.4. The molecule has 32 heavy (non-hydrogen) atoms. The third-order valence-electron chi connectivity index (χ3n) is 4.63. The van der Waals surface area contributed by atoms with E-state index in [4.69, 9.17) is 15.7 Å². The molecule has 0 aromatic carbocycles. The van der Waals surface area contributed by atoms with Crippen molar-refractivity contribution in [3.63, 3.8) is 0 Å². The Labute approximate surface area is 185 Å². The number of alkyl halides is 4. The number of pyridine rings is 1. The second-order valence-electron chi connectivity index (χ2n) is 8.38. The van der Waals surface area contributed by atoms with Crippen LogP contribution in [0.3, 0.4) is 0 Å². The number of nitrogens with zero attached hydrogens (tertiary/aromatic N) is 3. The van der Waals surface area contributed by atoms with Gasteiger partial charge in [0, 0.05) is 18.3 Å². The SMILES string of the molecule is CC(C)(C)OC(=O)N1C[C@H](F)[C@H](Nc2ccnc3c(CC(F)(F)F)c(/C(N)=N/O)sc23)C1. The average molecular weight is 477 g/mol. The van der Waals surface area contributed by atoms with Crippen LogP contribution in [0, 0.1) is 0 Å². The Kier molecular flexibility index (Phi) is 6.40. The molecule has 13 heteroatoms. The number of amidine groups is 1. The lowest BCUT2D eigenvalue weighted by Gasteiger charge is -2.24. The summed E-state index contributed by atoms with van der Waals surface area (Å²) in [7, 11) is 0. The number of hydrogen-bond acceptors (Lipinski definition) is 7. The van der Waals surface area contributed by atoms with E-state index < -0.39 is 42.3 Å². The van der Waals surface area contributed by atoms with Crippen molar-refractivity contribution in [3.8, 4) is 0 Å². The number of nitrogens with two attached hydrogens (primary N) is 1. The van der Waals surface area contributed by atoms with Crippen molar-refractivity contribution in [2.45, 2.75) is 51.2 Å². The van der Waals surface area contributed by atoms with Gasteiger partial charge in [0.1, 0.15) is 11.8 Å². The molecular formula is C19H23F4N5O3S. The lowest BCUT2D eigenvalue weighted by molar-refractivity contribution is -0.127. The highest BCUT2D eigenvalue weighted by Crippen LogP contribution is 2.38. The molecule has 1 amide bonds. The van der Waals surface area contributed by atoms with E-state index in [-0.39, 0.29) is 29.0 Å². The Hall–Kier alpha value is -2.83. The number of thiophene rings is 1. The number of rotatable bonds is 4. The molecule has 1 fully saturated rings. The summed E-state index contributed by atoms with van der Waals surface area (Å²) in [5, 5.41) is 14.8. The first-order chi connectivity index (χ1) is 14.8. The van der Waals surface area contributed by atoms with Crippen LogP contribution in [0.15, 0.2) is 17.4 Å². The fourth-order valence-electron chi connectivity index (χ4n) is 3.34. The topological polar surface area (TPSA) is 113 Å². The Morgan fingerprint density at radius 2 is 2.09 bits per heavy atom. The number of carbonyl (C=O) groups excluding carboxylic acids is 1. The molecule has 2 aromatic rings. The van der Waals surface area contributed by atoms with Gasteiger partial charge in [-0.05, 0) is 26.8 Å². The predicted octanol–water partition coefficient (Wildman–Crippen LogP) is 3.86. The van der Waals surface area contributed by atoms with E-state index in [2.05, 4.69) is 15.5 Å². The molecule has 0 spiro atoms. The second-order valence-corrected chi connectivity index (χ2v) is 9.40. The number of carbonyl (C=O) groups is 1. The molecule has 0 saturated carbocycles. The average Bonchev–Trinajstić information content (AvgIpc) is 3.20. The highest BCUT2D eigenvalue weighted by Gasteiger charge is 2.38. The Morgan fingerprint density at radius 1 is 1.41 bits per heavy atom. The zero-order valence-electron chi connectivity index (χ0n) is 17.5. The van der Waals surface area contributed by atoms with E-state index in [0.717, 1.165) is 11.3 Å². The normalized spacial score (nSPS) is 20.1. The van der Waals surface area contributed by atoms with Gasteiger partial charge in [-0.1, -0.05) is 5.16 Å². The molecule has 0 aliphatic carbocycles. The fourth-order valence-corrected chi connectivity index (χ4v) is 4.49. The minimum Gasteiger partial charge on any atom is -0.444 e. The number of oxime groups is 1. The Bertz CT molecular complexity index is 1030. The standard InChI is InChI=1S/C19H23F4N5O3S/c1-18(2,3)31-17(29)28-7-10(20)12(8-28)26-11-4-5-25-13-9(6-19(21,22)23)14(16(24)27-30)32-15(11)13/h4-5,10,12,30H,6-8H2,1-3H3,(H2,24,27)(H,25,26)/t10-,12+/m0/s1. The quantitative estimate of drug-likeness (QED) is 0.203. The van der Waals surface area contributed by atoms with E-state index >= 15 is 0 Å². The second kappa shape index (κ2) is 8.60. The molecule has 1 aliphatic rings. The molecule has 3 heterocycles. The molecule has 1 aliphatic heterocycles. The molecule has 0 radical (unpaired) electrons. The van der Waals surface area contributed by atoms with Crippen molar-refractivity contribution < 1.29 is 32.3 Å². The number of aromatic nitrogens is 1. The van der Waals surface area contributed by atoms with Crippen molar-refractivity contribution in [1.29, 1.82) is 0 Å². The Morgan fingerprint density at radius 3 is 2.69 bits per heavy atom. The maximum absolute atomic E-state index is 14.7. The number of likely N-dealkylation sites (tertiary alicyclic amines) is 1. The van der Waals surface area contributed by atoms with Crippen LogP contribution in [0.4, 0.5) is 28.0 Å². The van der Waals surface area contributed by atoms with Crippen LogP contribution >= 0.6 is 11.3 Å². The number of anilines is 1. The van der Waals surface area contributed by atoms with Crippen LogP contribution in [0.2, 0.25) is 0 Å². The predicted molar refractivity (Wildman–Crippen MR) is 112 cm³/mol. The number of halogens is 4. The van der Waals surface area contributed by atoms with E-state index in [1.807, 2.05) is 0 Å². The van der Waals surface area contributed by atoms with Gasteiger partial charge in [-0.15, -0.1) is 11.3 Å². The summed E-state index contributed by atoms with van der Waals surface area (Å²) in [5.74, 6) is -0.474. The number of ether oxygens (including phenoxy) is 1. The lowest BCUT2D eigenvalue weighted by Crippen LogP contribution is -2.36. The van der Waals surface area contributed by atoms with Gasteiger partial charge in [-0.2, -0.15) is 13.2 Å². The third-order valence-corrected chi connectivity index (χ3v) is 5.90. The van der Waals surface area contributed by atoms with E-state index in [9.17, 15) is 22.4 Å². The van der Waals surface area contributed by atoms with Crippen molar-refractivity contribution in [2.24, 2.45) is 10.9 Å². The van der Waals surface area contributed by atoms with Crippen molar-refractivity contribution in [1.82, 2.24) is 9.88 Å². The number of amides is 1. The van der Waals surface area contributed by atoms with Gasteiger partial charge in [0.25, 0.3) is 0 Å². The first-order valence-electron chi connectivity index (χ1n) is 9.62. The summed E-state index contributed by atoms with van der Waals surface area (Å²) in [4.78, 5) is 17.5. The molecule has 0 bridgehead atoms. The van der Waals surface area contributed by atoms with E-state index in [0.29, 0.717) is 10.4 Å². The summed E-state index contributed by atoms with van der Waals surface area (Å²) in [6.07, 6.45) is -6.66. The first kappa shape index (κ1) is 23.8. The summed E-state index contributed by atoms with van der Waals surface area (Å²) in [6, 6.07) is 0.684. The molecule has 1 saturated heterocycles. The molecule has 3 rings (SSSR count). The first-order valence-corrected chi connectivity index (χ1v) is 10.4. The number of nitrogens with one attached hydrogen (secondary N) is 1. The molecule has 2 aromatic heterocycles. The van der Waals surface area contributed by atoms with Crippen molar-refractivity contribution in [3.05, 3.63) is 22.7 Å². The largest absolute Gasteiger partial charge is 0.444 e. The van der Waals surface area contributed by atoms with Gasteiger partial charge >= 0.3 is 12.3 Å². The van der Waals surface area contributed by atoms with Crippen LogP contribution in [0.5, 0.6) is 0 Å². The van der Waals surface area contributed by atoms with Crippen molar-refractivity contribution >= 4 is 39.2 Å². The summed E-state index contributed by atoms with van der Waals surface area (Å²) < 4.78 is 59.6. The van der Waals surface area contributed by atoms with Crippen molar-refractivity contribution in [2.75, 3.05) is 18.4 Å². The minimum atomic E-state index is -4.55. The molecule has 2 atom stereocenters. The summed E-state index contributed by atoms with van der Waals surface area (Å²) in [5.41, 5.74) is 4.99. The number of fused-ring (bicyclic) bond motifs is 1. The maximum Gasteiger partial charge on any atom is 0.410 e. The van der Waals surface area contributed by atoms with Gasteiger partial charge in [0.2, 0.25) is 0 Å². The molecule has 0 unspecified atom stereocenters. The maximum atomic E-state index is 14.7. The molecule has 4 N–H and O–H groups in total. The van der Waals surface area contributed by atoms with Gasteiger partial charge in [-0.25, -0.2) is 9.18 Å². The minimum absolute atomic E-state index is 0.00771. The molecular weight excluding hydrogens is 454 g/mol. The monoisotopic (exact) mass is 477 g/mol. The lowest BCUT2D eigenvalue weighted by atomic mass is 10.1. The zero-order chi connectivity index (χ0) is 23.8. The van der Waals surface area contributed by atoms with Gasteiger partial charge < -0.3 is 25.9 Å². The van der Waals surface area contributed by atoms with Gasteiger partial charge in [-0.3, -0.25) is 4.98 Å². The van der Waals surface area contributed by atoms with E-state index in [1.54, 1.807) is 20.8 Å². The van der Waals surface area contributed by atoms with Crippen LogP contribution in [-0.2, 0) is 11.2 Å². The summed E-state index contributed by atoms with van der Waals surface area (Å²) in [6.45, 7) is 4.93. The van der Waals surface area contributed by atoms with Gasteiger partial charge in [0.15, 0.2) is 5.84 Å². The third kappa shape index (κ3) is 5.31. The van der Waals surface area contributed by atoms with Crippen LogP contribution in [-0.4, -0.2) is 64.1 Å². The number of hydrogen-bond donors (Lipinski definition) is 3. The summed E-state index contributed by atoms with van der Waals surface area (Å²) >= 11 is 0.855. The molecule has 176 valence electrons. The molecule has 8 nitrogen and oxygen atoms in total. The van der Waals surface area contributed by atoms with Crippen LogP contribution in [0.1, 0.15) is 31.2 Å². The van der Waals surface area contributed by atoms with Gasteiger partial charge in [0.05, 0.1) is 39.8 Å². The highest BCUT2D eigenvalue weighted by atomic mass is 32.1. The van der Waals surface area contributed by atoms with Crippen LogP contribution in [0.25, 0.3) is 10.2 Å². The van der Waals surface area contributed by atoms with Crippen LogP contribution < -0.4 is 11.1 Å². The fraction of sp³-hybridized carbons (Fsp3) is 0.526. The van der Waals surface area contributed by atoms with E-state index in [1.165, 1.54) is 17.2 Å². The Balaban J connectivity index is 1.91.